The molecule has 58 valence electrons. The third kappa shape index (κ3) is 0.956. The molecule has 5 heteroatoms. The maximum Gasteiger partial charge on any atom is 0.327 e. The largest absolute Gasteiger partial charge is 0.337 e. The molecule has 1 aliphatic heterocycles. The van der Waals surface area contributed by atoms with Crippen molar-refractivity contribution < 1.29 is 4.79 Å². The van der Waals surface area contributed by atoms with Crippen molar-refractivity contribution in [2.24, 2.45) is 0 Å². The van der Waals surface area contributed by atoms with Gasteiger partial charge in [0.05, 0.1) is 6.20 Å². The fourth-order valence-electron chi connectivity index (χ4n) is 1.13. The lowest BCUT2D eigenvalue weighted by molar-refractivity contribution is 0.238. The van der Waals surface area contributed by atoms with Gasteiger partial charge in [-0.15, -0.1) is 0 Å². The van der Waals surface area contributed by atoms with Crippen LogP contribution in [-0.4, -0.2) is 22.1 Å². The fraction of sp³-hybridized carbons (Fsp3) is 0.333. The van der Waals surface area contributed by atoms with Crippen molar-refractivity contribution in [3.05, 3.63) is 16.6 Å². The third-order valence-corrected chi connectivity index (χ3v) is 2.21. The summed E-state index contributed by atoms with van der Waals surface area (Å²) < 4.78 is 2.11. The summed E-state index contributed by atoms with van der Waals surface area (Å²) in [5, 5.41) is 2.72. The Bertz CT molecular complexity index is 307. The summed E-state index contributed by atoms with van der Waals surface area (Å²) in [6.07, 6.45) is 2.56. The Morgan fingerprint density at radius 2 is 2.55 bits per heavy atom. The second kappa shape index (κ2) is 2.34. The molecule has 1 aliphatic rings. The van der Waals surface area contributed by atoms with E-state index in [-0.39, 0.29) is 6.03 Å². The highest BCUT2D eigenvalue weighted by atomic mass is 79.9. The van der Waals surface area contributed by atoms with Crippen molar-refractivity contribution in [2.45, 2.75) is 6.42 Å². The smallest absolute Gasteiger partial charge is 0.327 e. The highest BCUT2D eigenvalue weighted by molar-refractivity contribution is 9.10. The normalized spacial score (nSPS) is 15.9. The van der Waals surface area contributed by atoms with E-state index in [4.69, 9.17) is 0 Å². The predicted octanol–water partition coefficient (Wildman–Crippen LogP) is 0.759. The van der Waals surface area contributed by atoms with Crippen molar-refractivity contribution >= 4 is 22.0 Å². The first kappa shape index (κ1) is 6.84. The van der Waals surface area contributed by atoms with Crippen LogP contribution in [0.5, 0.6) is 0 Å². The van der Waals surface area contributed by atoms with Gasteiger partial charge in [0.2, 0.25) is 0 Å². The average molecular weight is 216 g/mol. The minimum absolute atomic E-state index is 0.101. The van der Waals surface area contributed by atoms with Gasteiger partial charge in [0.15, 0.2) is 4.73 Å². The standard InChI is InChI=1S/C6H6BrN3O/c7-5-9-3-4-1-2-8-6(11)10(4)5/h3H,1-2H2,(H,8,11). The molecule has 0 radical (unpaired) electrons. The predicted molar refractivity (Wildman–Crippen MR) is 42.4 cm³/mol. The van der Waals surface area contributed by atoms with Crippen molar-refractivity contribution in [1.29, 1.82) is 0 Å². The van der Waals surface area contributed by atoms with Gasteiger partial charge in [-0.25, -0.2) is 14.3 Å². The van der Waals surface area contributed by atoms with E-state index in [9.17, 15) is 4.79 Å². The van der Waals surface area contributed by atoms with Crippen LogP contribution in [0.2, 0.25) is 0 Å². The molecule has 0 saturated heterocycles. The monoisotopic (exact) mass is 215 g/mol. The van der Waals surface area contributed by atoms with Gasteiger partial charge < -0.3 is 5.32 Å². The molecule has 11 heavy (non-hydrogen) atoms. The Morgan fingerprint density at radius 3 is 3.27 bits per heavy atom. The van der Waals surface area contributed by atoms with E-state index in [0.29, 0.717) is 11.3 Å². The zero-order chi connectivity index (χ0) is 7.84. The van der Waals surface area contributed by atoms with Gasteiger partial charge in [0, 0.05) is 18.7 Å². The van der Waals surface area contributed by atoms with Crippen LogP contribution in [0.4, 0.5) is 4.79 Å². The summed E-state index contributed by atoms with van der Waals surface area (Å²) in [6, 6.07) is -0.101. The highest BCUT2D eigenvalue weighted by Crippen LogP contribution is 2.13. The maximum absolute atomic E-state index is 11.1. The van der Waals surface area contributed by atoms with Gasteiger partial charge in [0.1, 0.15) is 0 Å². The number of amides is 1. The SMILES string of the molecule is O=C1NCCc2cnc(Br)n21. The van der Waals surface area contributed by atoms with Gasteiger partial charge in [0.25, 0.3) is 0 Å². The van der Waals surface area contributed by atoms with Crippen LogP contribution in [0.15, 0.2) is 10.9 Å². The average Bonchev–Trinajstić information content (AvgIpc) is 2.34. The lowest BCUT2D eigenvalue weighted by Crippen LogP contribution is -2.36. The summed E-state index contributed by atoms with van der Waals surface area (Å²) in [5.41, 5.74) is 0.959. The molecule has 1 aromatic rings. The number of nitrogens with one attached hydrogen (secondary N) is 1. The summed E-state index contributed by atoms with van der Waals surface area (Å²) in [6.45, 7) is 0.705. The molecule has 0 atom stereocenters. The summed E-state index contributed by atoms with van der Waals surface area (Å²) in [5.74, 6) is 0. The third-order valence-electron chi connectivity index (χ3n) is 1.65. The summed E-state index contributed by atoms with van der Waals surface area (Å²) >= 11 is 3.18. The first-order valence-electron chi connectivity index (χ1n) is 3.29. The van der Waals surface area contributed by atoms with E-state index in [1.165, 1.54) is 4.57 Å². The van der Waals surface area contributed by atoms with Crippen LogP contribution in [-0.2, 0) is 6.42 Å². The molecule has 2 rings (SSSR count). The fourth-order valence-corrected chi connectivity index (χ4v) is 1.62. The Labute approximate surface area is 71.7 Å². The number of carbonyl (C=O) groups excluding carboxylic acids is 1. The molecule has 0 aliphatic carbocycles. The Kier molecular flexibility index (Phi) is 1.45. The second-order valence-electron chi connectivity index (χ2n) is 2.34. The van der Waals surface area contributed by atoms with Crippen LogP contribution in [0.25, 0.3) is 0 Å². The molecule has 4 nitrogen and oxygen atoms in total. The van der Waals surface area contributed by atoms with E-state index in [2.05, 4.69) is 26.2 Å². The highest BCUT2D eigenvalue weighted by Gasteiger charge is 2.18. The van der Waals surface area contributed by atoms with E-state index in [1.807, 2.05) is 0 Å². The zero-order valence-corrected chi connectivity index (χ0v) is 7.26. The quantitative estimate of drug-likeness (QED) is 0.695. The lowest BCUT2D eigenvalue weighted by atomic mass is 10.3. The molecule has 1 aromatic heterocycles. The number of halogens is 1. The molecule has 0 unspecified atom stereocenters. The van der Waals surface area contributed by atoms with E-state index in [1.54, 1.807) is 6.20 Å². The molecule has 0 aromatic carbocycles. The summed E-state index contributed by atoms with van der Waals surface area (Å²) in [4.78, 5) is 15.1. The van der Waals surface area contributed by atoms with Crippen LogP contribution in [0.1, 0.15) is 5.69 Å². The molecular weight excluding hydrogens is 210 g/mol. The number of hydrogen-bond acceptors (Lipinski definition) is 2. The van der Waals surface area contributed by atoms with Crippen LogP contribution in [0, 0.1) is 0 Å². The number of imidazole rings is 1. The van der Waals surface area contributed by atoms with Crippen molar-refractivity contribution in [3.63, 3.8) is 0 Å². The number of carbonyl (C=O) groups is 1. The molecule has 2 heterocycles. The molecule has 0 spiro atoms. The second-order valence-corrected chi connectivity index (χ2v) is 3.05. The topological polar surface area (TPSA) is 46.9 Å². The van der Waals surface area contributed by atoms with Gasteiger partial charge in [-0.3, -0.25) is 0 Å². The Morgan fingerprint density at radius 1 is 1.73 bits per heavy atom. The van der Waals surface area contributed by atoms with Crippen LogP contribution >= 0.6 is 15.9 Å². The molecular formula is C6H6BrN3O. The first-order valence-corrected chi connectivity index (χ1v) is 4.08. The minimum atomic E-state index is -0.101. The van der Waals surface area contributed by atoms with E-state index >= 15 is 0 Å². The molecule has 0 saturated carbocycles. The maximum atomic E-state index is 11.1. The molecule has 1 N–H and O–H groups in total. The Balaban J connectivity index is 2.56. The number of aromatic nitrogens is 2. The minimum Gasteiger partial charge on any atom is -0.337 e. The summed E-state index contributed by atoms with van der Waals surface area (Å²) in [7, 11) is 0. The van der Waals surface area contributed by atoms with E-state index < -0.39 is 0 Å². The van der Waals surface area contributed by atoms with Gasteiger partial charge >= 0.3 is 6.03 Å². The van der Waals surface area contributed by atoms with E-state index in [0.717, 1.165) is 12.1 Å². The number of fused-ring (bicyclic) bond motifs is 1. The van der Waals surface area contributed by atoms with Gasteiger partial charge in [-0.05, 0) is 15.9 Å². The van der Waals surface area contributed by atoms with Crippen molar-refractivity contribution in [1.82, 2.24) is 14.9 Å². The number of rotatable bonds is 0. The van der Waals surface area contributed by atoms with Gasteiger partial charge in [-0.2, -0.15) is 0 Å². The first-order chi connectivity index (χ1) is 5.29. The molecule has 1 amide bonds. The number of hydrogen-bond donors (Lipinski definition) is 1. The zero-order valence-electron chi connectivity index (χ0n) is 5.67. The van der Waals surface area contributed by atoms with Crippen molar-refractivity contribution in [2.75, 3.05) is 6.54 Å². The van der Waals surface area contributed by atoms with Crippen molar-refractivity contribution in [3.8, 4) is 0 Å². The number of nitrogens with zero attached hydrogens (tertiary/aromatic N) is 2. The van der Waals surface area contributed by atoms with Crippen LogP contribution < -0.4 is 5.32 Å². The molecule has 0 bridgehead atoms. The Hall–Kier alpha value is -0.840. The van der Waals surface area contributed by atoms with Gasteiger partial charge in [-0.1, -0.05) is 0 Å². The van der Waals surface area contributed by atoms with Crippen LogP contribution in [0.3, 0.4) is 0 Å². The molecule has 0 fully saturated rings. The lowest BCUT2D eigenvalue weighted by Gasteiger charge is -2.14.